The molecule has 0 radical (unpaired) electrons. The van der Waals surface area contributed by atoms with Crippen LogP contribution in [0.25, 0.3) is 11.0 Å². The van der Waals surface area contributed by atoms with Gasteiger partial charge in [-0.3, -0.25) is 4.79 Å². The Morgan fingerprint density at radius 2 is 1.94 bits per heavy atom. The smallest absolute Gasteiger partial charge is 0.254 e. The average Bonchev–Trinajstić information content (AvgIpc) is 3.27. The minimum atomic E-state index is -3.65. The van der Waals surface area contributed by atoms with Gasteiger partial charge in [-0.1, -0.05) is 6.07 Å². The van der Waals surface area contributed by atoms with Gasteiger partial charge in [0.15, 0.2) is 0 Å². The van der Waals surface area contributed by atoms with Crippen LogP contribution in [0, 0.1) is 0 Å². The number of carbonyl (C=O) groups is 1. The molecule has 3 aromatic heterocycles. The molecule has 2 aliphatic rings. The van der Waals surface area contributed by atoms with Crippen LogP contribution < -0.4 is 9.62 Å². The highest BCUT2D eigenvalue weighted by Crippen LogP contribution is 2.46. The van der Waals surface area contributed by atoms with Crippen LogP contribution in [0.1, 0.15) is 28.1 Å². The number of carbonyl (C=O) groups excluding carboxylic acids is 1. The lowest BCUT2D eigenvalue weighted by Crippen LogP contribution is -2.57. The van der Waals surface area contributed by atoms with Gasteiger partial charge in [0.2, 0.25) is 10.0 Å². The minimum absolute atomic E-state index is 0.0629. The third-order valence-electron chi connectivity index (χ3n) is 6.78. The van der Waals surface area contributed by atoms with E-state index in [0.717, 1.165) is 41.1 Å². The number of aromatic nitrogens is 3. The minimum Gasteiger partial charge on any atom is -0.352 e. The van der Waals surface area contributed by atoms with Crippen molar-refractivity contribution in [2.24, 2.45) is 0 Å². The molecule has 1 saturated heterocycles. The van der Waals surface area contributed by atoms with E-state index in [9.17, 15) is 13.2 Å². The summed E-state index contributed by atoms with van der Waals surface area (Å²) in [6.45, 7) is 2.21. The molecule has 4 aromatic rings. The predicted molar refractivity (Wildman–Crippen MR) is 134 cm³/mol. The third-order valence-corrected chi connectivity index (χ3v) is 9.08. The number of anilines is 1. The molecule has 1 amide bonds. The van der Waals surface area contributed by atoms with Crippen molar-refractivity contribution in [3.8, 4) is 0 Å². The Kier molecular flexibility index (Phi) is 5.35. The molecule has 9 nitrogen and oxygen atoms in total. The molecule has 2 N–H and O–H groups in total. The molecule has 1 aromatic carbocycles. The van der Waals surface area contributed by atoms with Gasteiger partial charge < -0.3 is 14.8 Å². The van der Waals surface area contributed by atoms with E-state index in [0.29, 0.717) is 18.7 Å². The van der Waals surface area contributed by atoms with Crippen LogP contribution in [-0.2, 0) is 16.6 Å². The van der Waals surface area contributed by atoms with Crippen LogP contribution in [0.4, 0.5) is 5.82 Å². The second-order valence-corrected chi connectivity index (χ2v) is 11.8. The van der Waals surface area contributed by atoms with Gasteiger partial charge in [-0.2, -0.15) is 0 Å². The fourth-order valence-electron chi connectivity index (χ4n) is 4.75. The first-order valence-corrected chi connectivity index (χ1v) is 13.8. The van der Waals surface area contributed by atoms with Gasteiger partial charge in [-0.05, 0) is 54.6 Å². The van der Waals surface area contributed by atoms with Crippen molar-refractivity contribution in [3.63, 3.8) is 0 Å². The quantitative estimate of drug-likeness (QED) is 0.414. The fraction of sp³-hybridized carbons (Fsp3) is 0.292. The number of aromatic amines is 1. The first-order valence-electron chi connectivity index (χ1n) is 11.4. The molecular weight excluding hydrogens is 484 g/mol. The normalized spacial score (nSPS) is 17.3. The van der Waals surface area contributed by atoms with Crippen LogP contribution in [0.15, 0.2) is 65.3 Å². The highest BCUT2D eigenvalue weighted by Gasteiger charge is 2.53. The lowest BCUT2D eigenvalue weighted by atomic mass is 10.1. The molecule has 6 rings (SSSR count). The number of hydrogen-bond acceptors (Lipinski definition) is 7. The second-order valence-electron chi connectivity index (χ2n) is 8.97. The van der Waals surface area contributed by atoms with Gasteiger partial charge in [0.05, 0.1) is 15.8 Å². The van der Waals surface area contributed by atoms with Gasteiger partial charge in [0, 0.05) is 42.8 Å². The summed E-state index contributed by atoms with van der Waals surface area (Å²) in [5.74, 6) is 0.825. The molecule has 35 heavy (non-hydrogen) atoms. The summed E-state index contributed by atoms with van der Waals surface area (Å²) < 4.78 is 27.9. The highest BCUT2D eigenvalue weighted by atomic mass is 32.2. The molecule has 1 aliphatic heterocycles. The van der Waals surface area contributed by atoms with Crippen LogP contribution >= 0.6 is 11.3 Å². The first kappa shape index (κ1) is 22.2. The number of fused-ring (bicyclic) bond motifs is 1. The zero-order chi connectivity index (χ0) is 24.0. The number of amides is 1. The molecule has 1 saturated carbocycles. The number of piperazine rings is 1. The molecule has 0 unspecified atom stereocenters. The lowest BCUT2D eigenvalue weighted by Gasteiger charge is -2.42. The van der Waals surface area contributed by atoms with Crippen molar-refractivity contribution in [3.05, 3.63) is 70.8 Å². The predicted octanol–water partition coefficient (Wildman–Crippen LogP) is 2.99. The molecule has 0 atom stereocenters. The topological polar surface area (TPSA) is 111 Å². The van der Waals surface area contributed by atoms with E-state index in [-0.39, 0.29) is 22.9 Å². The van der Waals surface area contributed by atoms with Crippen molar-refractivity contribution < 1.29 is 13.2 Å². The van der Waals surface area contributed by atoms with Crippen molar-refractivity contribution in [2.45, 2.75) is 29.8 Å². The number of sulfonamides is 1. The van der Waals surface area contributed by atoms with E-state index >= 15 is 0 Å². The van der Waals surface area contributed by atoms with Crippen molar-refractivity contribution in [1.29, 1.82) is 0 Å². The Morgan fingerprint density at radius 1 is 1.11 bits per heavy atom. The Labute approximate surface area is 206 Å². The zero-order valence-corrected chi connectivity index (χ0v) is 20.5. The summed E-state index contributed by atoms with van der Waals surface area (Å²) in [7, 11) is -3.65. The lowest BCUT2D eigenvalue weighted by molar-refractivity contribution is 0.0624. The van der Waals surface area contributed by atoms with Gasteiger partial charge in [0.1, 0.15) is 17.8 Å². The van der Waals surface area contributed by atoms with E-state index in [4.69, 9.17) is 0 Å². The molecule has 180 valence electrons. The van der Waals surface area contributed by atoms with Crippen LogP contribution in [0.3, 0.4) is 0 Å². The van der Waals surface area contributed by atoms with Gasteiger partial charge in [0.25, 0.3) is 5.91 Å². The maximum Gasteiger partial charge on any atom is 0.254 e. The first-order chi connectivity index (χ1) is 17.0. The second kappa shape index (κ2) is 8.43. The van der Waals surface area contributed by atoms with E-state index < -0.39 is 10.0 Å². The molecule has 0 bridgehead atoms. The van der Waals surface area contributed by atoms with Crippen LogP contribution in [0.5, 0.6) is 0 Å². The fourth-order valence-corrected chi connectivity index (χ4v) is 6.50. The third kappa shape index (κ3) is 4.09. The number of nitrogens with zero attached hydrogens (tertiary/aromatic N) is 4. The van der Waals surface area contributed by atoms with E-state index in [1.807, 2.05) is 34.7 Å². The van der Waals surface area contributed by atoms with Crippen molar-refractivity contribution >= 4 is 44.1 Å². The summed E-state index contributed by atoms with van der Waals surface area (Å²) in [5, 5.41) is 2.89. The molecule has 1 aliphatic carbocycles. The summed E-state index contributed by atoms with van der Waals surface area (Å²) >= 11 is 1.50. The van der Waals surface area contributed by atoms with E-state index in [1.54, 1.807) is 18.5 Å². The Morgan fingerprint density at radius 3 is 2.69 bits per heavy atom. The van der Waals surface area contributed by atoms with Crippen molar-refractivity contribution in [2.75, 3.05) is 24.5 Å². The zero-order valence-electron chi connectivity index (χ0n) is 18.8. The Bertz CT molecular complexity index is 1480. The number of benzene rings is 1. The number of rotatable bonds is 6. The highest BCUT2D eigenvalue weighted by molar-refractivity contribution is 7.89. The van der Waals surface area contributed by atoms with E-state index in [2.05, 4.69) is 24.6 Å². The number of hydrogen-bond donors (Lipinski definition) is 2. The summed E-state index contributed by atoms with van der Waals surface area (Å²) in [6.07, 6.45) is 5.30. The number of nitrogens with one attached hydrogen (secondary N) is 2. The maximum absolute atomic E-state index is 13.4. The maximum atomic E-state index is 13.4. The largest absolute Gasteiger partial charge is 0.352 e. The number of H-pyrrole nitrogens is 1. The molecule has 11 heteroatoms. The standard InChI is InChI=1S/C24H24N6O3S2/c31-23(17-3-5-19(6-4-17)35(32,33)28-14-18-2-1-13-34-18)30-12-11-29(15-24(30)8-9-24)22-20-7-10-25-21(20)26-16-27-22/h1-7,10,13,16,28H,8-9,11-12,14-15H2,(H,25,26,27). The summed E-state index contributed by atoms with van der Waals surface area (Å²) in [5.41, 5.74) is 1.09. The molecule has 4 heterocycles. The van der Waals surface area contributed by atoms with Crippen molar-refractivity contribution in [1.82, 2.24) is 24.6 Å². The SMILES string of the molecule is O=C(c1ccc(S(=O)(=O)NCc2cccs2)cc1)N1CCN(c2ncnc3[nH]ccc23)CC12CC2. The van der Waals surface area contributed by atoms with E-state index in [1.165, 1.54) is 23.5 Å². The van der Waals surface area contributed by atoms with Crippen LogP contribution in [-0.4, -0.2) is 59.4 Å². The summed E-state index contributed by atoms with van der Waals surface area (Å²) in [4.78, 5) is 30.6. The van der Waals surface area contributed by atoms with Crippen LogP contribution in [0.2, 0.25) is 0 Å². The van der Waals surface area contributed by atoms with Gasteiger partial charge in [-0.15, -0.1) is 11.3 Å². The van der Waals surface area contributed by atoms with Gasteiger partial charge >= 0.3 is 0 Å². The monoisotopic (exact) mass is 508 g/mol. The van der Waals surface area contributed by atoms with Gasteiger partial charge in [-0.25, -0.2) is 23.1 Å². The number of thiophene rings is 1. The Hall–Kier alpha value is -3.28. The Balaban J connectivity index is 1.16. The average molecular weight is 509 g/mol. The molecular formula is C24H24N6O3S2. The molecule has 2 fully saturated rings. The summed E-state index contributed by atoms with van der Waals surface area (Å²) in [6, 6.07) is 12.0. The molecule has 1 spiro atoms.